The highest BCUT2D eigenvalue weighted by atomic mass is 16.5. The van der Waals surface area contributed by atoms with E-state index in [0.29, 0.717) is 17.2 Å². The molecule has 18 heavy (non-hydrogen) atoms. The Balaban J connectivity index is 2.15. The van der Waals surface area contributed by atoms with Gasteiger partial charge in [-0.05, 0) is 38.7 Å². The van der Waals surface area contributed by atoms with E-state index in [2.05, 4.69) is 11.9 Å². The average Bonchev–Trinajstić information content (AvgIpc) is 2.74. The highest BCUT2D eigenvalue weighted by Crippen LogP contribution is 2.34. The van der Waals surface area contributed by atoms with Crippen molar-refractivity contribution >= 4 is 5.78 Å². The highest BCUT2D eigenvalue weighted by Gasteiger charge is 2.30. The molecule has 1 heterocycles. The Labute approximate surface area is 109 Å². The maximum Gasteiger partial charge on any atom is 0.167 e. The molecule has 0 bridgehead atoms. The van der Waals surface area contributed by atoms with Crippen molar-refractivity contribution in [2.45, 2.75) is 46.1 Å². The maximum atomic E-state index is 12.4. The zero-order valence-corrected chi connectivity index (χ0v) is 11.3. The zero-order valence-electron chi connectivity index (χ0n) is 11.3. The third kappa shape index (κ3) is 2.89. The van der Waals surface area contributed by atoms with Crippen LogP contribution in [0.15, 0.2) is 18.5 Å². The molecule has 1 aromatic heterocycles. The highest BCUT2D eigenvalue weighted by molar-refractivity contribution is 5.98. The van der Waals surface area contributed by atoms with Crippen LogP contribution in [-0.2, 0) is 0 Å². The van der Waals surface area contributed by atoms with Gasteiger partial charge in [0.05, 0.1) is 12.3 Å². The number of hydrogen-bond donors (Lipinski definition) is 0. The summed E-state index contributed by atoms with van der Waals surface area (Å²) in [4.78, 5) is 16.5. The van der Waals surface area contributed by atoms with Gasteiger partial charge in [0.2, 0.25) is 0 Å². The number of aromatic nitrogens is 1. The molecule has 0 spiro atoms. The summed E-state index contributed by atoms with van der Waals surface area (Å²) in [6.45, 7) is 6.10. The van der Waals surface area contributed by atoms with Crippen LogP contribution in [0.5, 0.6) is 5.75 Å². The van der Waals surface area contributed by atoms with Crippen LogP contribution in [0.25, 0.3) is 0 Å². The van der Waals surface area contributed by atoms with E-state index in [-0.39, 0.29) is 17.8 Å². The molecule has 1 aliphatic rings. The Morgan fingerprint density at radius 2 is 2.17 bits per heavy atom. The van der Waals surface area contributed by atoms with E-state index in [1.165, 1.54) is 0 Å². The molecule has 0 aromatic carbocycles. The van der Waals surface area contributed by atoms with E-state index in [1.807, 2.05) is 19.9 Å². The van der Waals surface area contributed by atoms with Gasteiger partial charge >= 0.3 is 0 Å². The van der Waals surface area contributed by atoms with E-state index in [1.54, 1.807) is 12.4 Å². The van der Waals surface area contributed by atoms with Crippen molar-refractivity contribution in [3.63, 3.8) is 0 Å². The first-order valence-electron chi connectivity index (χ1n) is 6.74. The lowest BCUT2D eigenvalue weighted by Gasteiger charge is -2.15. The first-order valence-corrected chi connectivity index (χ1v) is 6.74. The number of ether oxygens (including phenoxy) is 1. The Kier molecular flexibility index (Phi) is 4.00. The van der Waals surface area contributed by atoms with Crippen molar-refractivity contribution in [3.05, 3.63) is 24.0 Å². The smallest absolute Gasteiger partial charge is 0.167 e. The second kappa shape index (κ2) is 5.51. The molecule has 1 saturated carbocycles. The number of rotatable bonds is 4. The number of carbonyl (C=O) groups excluding carboxylic acids is 1. The lowest BCUT2D eigenvalue weighted by atomic mass is 9.90. The molecule has 98 valence electrons. The number of Topliss-reactive ketones (excluding diaryl/α,β-unsaturated/α-hetero) is 1. The van der Waals surface area contributed by atoms with Crippen molar-refractivity contribution in [2.24, 2.45) is 11.8 Å². The second-order valence-electron chi connectivity index (χ2n) is 5.45. The molecule has 0 saturated heterocycles. The molecule has 1 fully saturated rings. The predicted molar refractivity (Wildman–Crippen MR) is 70.8 cm³/mol. The summed E-state index contributed by atoms with van der Waals surface area (Å²) in [5, 5.41) is 0. The van der Waals surface area contributed by atoms with Gasteiger partial charge in [-0.25, -0.2) is 0 Å². The van der Waals surface area contributed by atoms with Gasteiger partial charge in [-0.3, -0.25) is 9.78 Å². The standard InChI is InChI=1S/C15H21NO2/c1-10(2)18-13-7-12(8-16-9-13)15(17)14-6-4-5-11(14)3/h7-11,14H,4-6H2,1-3H3. The van der Waals surface area contributed by atoms with Gasteiger partial charge in [0.15, 0.2) is 5.78 Å². The first-order chi connectivity index (χ1) is 8.58. The Bertz CT molecular complexity index is 428. The summed E-state index contributed by atoms with van der Waals surface area (Å²) < 4.78 is 5.58. The van der Waals surface area contributed by atoms with E-state index in [9.17, 15) is 4.79 Å². The lowest BCUT2D eigenvalue weighted by molar-refractivity contribution is 0.0896. The molecule has 3 heteroatoms. The summed E-state index contributed by atoms with van der Waals surface area (Å²) in [6.07, 6.45) is 6.74. The van der Waals surface area contributed by atoms with E-state index < -0.39 is 0 Å². The minimum absolute atomic E-state index is 0.0996. The monoisotopic (exact) mass is 247 g/mol. The molecular weight excluding hydrogens is 226 g/mol. The van der Waals surface area contributed by atoms with E-state index in [0.717, 1.165) is 19.3 Å². The van der Waals surface area contributed by atoms with Crippen LogP contribution in [0, 0.1) is 11.8 Å². The van der Waals surface area contributed by atoms with Gasteiger partial charge in [0, 0.05) is 17.7 Å². The van der Waals surface area contributed by atoms with Crippen molar-refractivity contribution in [2.75, 3.05) is 0 Å². The fourth-order valence-corrected chi connectivity index (χ4v) is 2.64. The topological polar surface area (TPSA) is 39.2 Å². The van der Waals surface area contributed by atoms with Gasteiger partial charge < -0.3 is 4.74 Å². The number of hydrogen-bond acceptors (Lipinski definition) is 3. The molecule has 0 N–H and O–H groups in total. The number of ketones is 1. The third-order valence-electron chi connectivity index (χ3n) is 3.57. The summed E-state index contributed by atoms with van der Waals surface area (Å²) in [6, 6.07) is 1.82. The van der Waals surface area contributed by atoms with Gasteiger partial charge in [-0.15, -0.1) is 0 Å². The molecule has 1 aromatic rings. The summed E-state index contributed by atoms with van der Waals surface area (Å²) in [7, 11) is 0. The Hall–Kier alpha value is -1.38. The number of carbonyl (C=O) groups is 1. The maximum absolute atomic E-state index is 12.4. The quantitative estimate of drug-likeness (QED) is 0.764. The minimum atomic E-state index is 0.0996. The third-order valence-corrected chi connectivity index (χ3v) is 3.57. The van der Waals surface area contributed by atoms with Crippen LogP contribution in [0.1, 0.15) is 50.4 Å². The van der Waals surface area contributed by atoms with Crippen molar-refractivity contribution < 1.29 is 9.53 Å². The average molecular weight is 247 g/mol. The van der Waals surface area contributed by atoms with Crippen LogP contribution >= 0.6 is 0 Å². The summed E-state index contributed by atoms with van der Waals surface area (Å²) >= 11 is 0. The molecule has 0 aliphatic heterocycles. The normalized spacial score (nSPS) is 23.3. The van der Waals surface area contributed by atoms with Crippen LogP contribution < -0.4 is 4.74 Å². The van der Waals surface area contributed by atoms with Crippen LogP contribution in [0.2, 0.25) is 0 Å². The largest absolute Gasteiger partial charge is 0.489 e. The molecule has 2 rings (SSSR count). The van der Waals surface area contributed by atoms with Gasteiger partial charge in [-0.2, -0.15) is 0 Å². The van der Waals surface area contributed by atoms with Gasteiger partial charge in [0.1, 0.15) is 5.75 Å². The fraction of sp³-hybridized carbons (Fsp3) is 0.600. The molecule has 3 nitrogen and oxygen atoms in total. The number of pyridine rings is 1. The fourth-order valence-electron chi connectivity index (χ4n) is 2.64. The molecule has 0 radical (unpaired) electrons. The van der Waals surface area contributed by atoms with Crippen LogP contribution in [0.3, 0.4) is 0 Å². The van der Waals surface area contributed by atoms with Crippen LogP contribution in [0.4, 0.5) is 0 Å². The van der Waals surface area contributed by atoms with Crippen LogP contribution in [-0.4, -0.2) is 16.9 Å². The number of nitrogens with zero attached hydrogens (tertiary/aromatic N) is 1. The molecule has 2 atom stereocenters. The lowest BCUT2D eigenvalue weighted by Crippen LogP contribution is -2.17. The zero-order chi connectivity index (χ0) is 13.1. The SMILES string of the molecule is CC(C)Oc1cncc(C(=O)C2CCCC2C)c1. The van der Waals surface area contributed by atoms with E-state index >= 15 is 0 Å². The summed E-state index contributed by atoms with van der Waals surface area (Å²) in [5.41, 5.74) is 0.687. The molecule has 2 unspecified atom stereocenters. The minimum Gasteiger partial charge on any atom is -0.489 e. The van der Waals surface area contributed by atoms with Gasteiger partial charge in [0.25, 0.3) is 0 Å². The predicted octanol–water partition coefficient (Wildman–Crippen LogP) is 3.49. The Morgan fingerprint density at radius 3 is 2.78 bits per heavy atom. The summed E-state index contributed by atoms with van der Waals surface area (Å²) in [5.74, 6) is 1.57. The van der Waals surface area contributed by atoms with Crippen molar-refractivity contribution in [1.82, 2.24) is 4.98 Å². The second-order valence-corrected chi connectivity index (χ2v) is 5.45. The molecular formula is C15H21NO2. The van der Waals surface area contributed by atoms with Crippen molar-refractivity contribution in [1.29, 1.82) is 0 Å². The first kappa shape index (κ1) is 13.1. The molecule has 1 aliphatic carbocycles. The molecule has 0 amide bonds. The Morgan fingerprint density at radius 1 is 1.39 bits per heavy atom. The van der Waals surface area contributed by atoms with Gasteiger partial charge in [-0.1, -0.05) is 13.3 Å². The van der Waals surface area contributed by atoms with Crippen molar-refractivity contribution in [3.8, 4) is 5.75 Å². The van der Waals surface area contributed by atoms with E-state index in [4.69, 9.17) is 4.74 Å².